The number of halogens is 1. The zero-order valence-electron chi connectivity index (χ0n) is 25.5. The van der Waals surface area contributed by atoms with Crippen LogP contribution in [0.4, 0.5) is 9.18 Å². The number of likely N-dealkylation sites (tertiary alicyclic amines) is 1. The van der Waals surface area contributed by atoms with Crippen LogP contribution < -0.4 is 10.1 Å². The number of rotatable bonds is 9. The minimum atomic E-state index is -1.23. The van der Waals surface area contributed by atoms with Crippen molar-refractivity contribution in [2.45, 2.75) is 72.3 Å². The normalized spacial score (nSPS) is 18.2. The maximum atomic E-state index is 15.5. The van der Waals surface area contributed by atoms with Gasteiger partial charge in [0.1, 0.15) is 36.0 Å². The minimum absolute atomic E-state index is 0.0217. The number of aliphatic hydroxyl groups excluding tert-OH is 1. The van der Waals surface area contributed by atoms with Crippen molar-refractivity contribution in [3.8, 4) is 28.4 Å². The summed E-state index contributed by atoms with van der Waals surface area (Å²) in [6.45, 7) is 12.0. The molecular formula is C31H42FN5O5. The van der Waals surface area contributed by atoms with E-state index in [0.29, 0.717) is 54.7 Å². The summed E-state index contributed by atoms with van der Waals surface area (Å²) in [5.41, 5.74) is 3.82. The predicted octanol–water partition coefficient (Wildman–Crippen LogP) is 4.82. The van der Waals surface area contributed by atoms with Crippen LogP contribution in [0.1, 0.15) is 49.9 Å². The maximum Gasteiger partial charge on any atom is 0.410 e. The van der Waals surface area contributed by atoms with Gasteiger partial charge in [-0.05, 0) is 85.0 Å². The van der Waals surface area contributed by atoms with Gasteiger partial charge in [0.05, 0.1) is 23.5 Å². The standard InChI is InChI=1S/C31H42FN5O5/c1-18-26(14-21-11-12-37(16-25(21)32)30(39)41-31(4,5)6)34-29(35-28(18)27-19(2)36-42-20(27)3)22-9-8-10-24(13-22)40-17-23(38)15-33-7/h8-10,13,21,23,25,33,38H,11-12,14-17H2,1-7H3/t21?,23?,25-/m1/s1. The quantitative estimate of drug-likeness (QED) is 0.365. The number of carbonyl (C=O) groups excluding carboxylic acids is 1. The van der Waals surface area contributed by atoms with Crippen LogP contribution in [0, 0.1) is 26.7 Å². The van der Waals surface area contributed by atoms with E-state index in [2.05, 4.69) is 10.5 Å². The highest BCUT2D eigenvalue weighted by molar-refractivity contribution is 5.71. The second-order valence-corrected chi connectivity index (χ2v) is 11.9. The SMILES string of the molecule is CNCC(O)COc1cccc(-c2nc(CC3CCN(C(=O)OC(C)(C)C)C[C@H]3F)c(C)c(-c3c(C)noc3C)n2)c1. The van der Waals surface area contributed by atoms with Gasteiger partial charge in [-0.3, -0.25) is 0 Å². The number of piperidine rings is 1. The van der Waals surface area contributed by atoms with E-state index in [9.17, 15) is 9.90 Å². The Hall–Kier alpha value is -3.57. The first-order valence-corrected chi connectivity index (χ1v) is 14.3. The molecule has 4 rings (SSSR count). The van der Waals surface area contributed by atoms with Crippen LogP contribution in [0.25, 0.3) is 22.6 Å². The largest absolute Gasteiger partial charge is 0.491 e. The average Bonchev–Trinajstić information content (AvgIpc) is 3.26. The highest BCUT2D eigenvalue weighted by atomic mass is 19.1. The fraction of sp³-hybridized carbons (Fsp3) is 0.548. The first kappa shape index (κ1) is 31.4. The van der Waals surface area contributed by atoms with E-state index >= 15 is 4.39 Å². The van der Waals surface area contributed by atoms with Crippen molar-refractivity contribution in [3.63, 3.8) is 0 Å². The monoisotopic (exact) mass is 583 g/mol. The molecule has 1 amide bonds. The number of amides is 1. The molecule has 1 fully saturated rings. The van der Waals surface area contributed by atoms with Gasteiger partial charge in [-0.2, -0.15) is 0 Å². The van der Waals surface area contributed by atoms with E-state index in [1.165, 1.54) is 4.90 Å². The molecule has 2 aromatic heterocycles. The number of alkyl halides is 1. The molecule has 228 valence electrons. The number of aromatic nitrogens is 3. The summed E-state index contributed by atoms with van der Waals surface area (Å²) in [4.78, 5) is 23.8. The lowest BCUT2D eigenvalue weighted by atomic mass is 9.88. The van der Waals surface area contributed by atoms with Crippen molar-refractivity contribution < 1.29 is 28.3 Å². The molecular weight excluding hydrogens is 541 g/mol. The highest BCUT2D eigenvalue weighted by Crippen LogP contribution is 2.34. The van der Waals surface area contributed by atoms with E-state index in [-0.39, 0.29) is 19.1 Å². The van der Waals surface area contributed by atoms with Gasteiger partial charge in [0.2, 0.25) is 0 Å². The Balaban J connectivity index is 1.64. The molecule has 0 aliphatic carbocycles. The Bertz CT molecular complexity index is 1370. The summed E-state index contributed by atoms with van der Waals surface area (Å²) < 4.78 is 32.2. The number of hydrogen-bond acceptors (Lipinski definition) is 9. The summed E-state index contributed by atoms with van der Waals surface area (Å²) >= 11 is 0. The van der Waals surface area contributed by atoms with Crippen LogP contribution in [0.15, 0.2) is 28.8 Å². The molecule has 2 N–H and O–H groups in total. The van der Waals surface area contributed by atoms with Crippen LogP contribution in [0.5, 0.6) is 5.75 Å². The summed E-state index contributed by atoms with van der Waals surface area (Å²) in [5, 5.41) is 17.1. The summed E-state index contributed by atoms with van der Waals surface area (Å²) in [6.07, 6.45) is -1.51. The number of nitrogens with zero attached hydrogens (tertiary/aromatic N) is 4. The van der Waals surface area contributed by atoms with E-state index < -0.39 is 24.0 Å². The molecule has 10 nitrogen and oxygen atoms in total. The van der Waals surface area contributed by atoms with Crippen LogP contribution in [0.2, 0.25) is 0 Å². The number of aliphatic hydroxyl groups is 1. The van der Waals surface area contributed by atoms with Gasteiger partial charge in [-0.1, -0.05) is 17.3 Å². The van der Waals surface area contributed by atoms with Crippen LogP contribution in [-0.2, 0) is 11.2 Å². The number of ether oxygens (including phenoxy) is 2. The van der Waals surface area contributed by atoms with Crippen LogP contribution in [0.3, 0.4) is 0 Å². The summed E-state index contributed by atoms with van der Waals surface area (Å²) in [7, 11) is 1.77. The molecule has 3 atom stereocenters. The zero-order chi connectivity index (χ0) is 30.6. The van der Waals surface area contributed by atoms with Crippen molar-refractivity contribution in [1.29, 1.82) is 0 Å². The fourth-order valence-electron chi connectivity index (χ4n) is 5.09. The number of likely N-dealkylation sites (N-methyl/N-ethyl adjacent to an activating group) is 1. The molecule has 3 heterocycles. The zero-order valence-corrected chi connectivity index (χ0v) is 25.5. The predicted molar refractivity (Wildman–Crippen MR) is 157 cm³/mol. The molecule has 11 heteroatoms. The lowest BCUT2D eigenvalue weighted by Crippen LogP contribution is -2.47. The van der Waals surface area contributed by atoms with Gasteiger partial charge in [-0.15, -0.1) is 0 Å². The second kappa shape index (κ2) is 13.2. The molecule has 1 aliphatic rings. The first-order chi connectivity index (χ1) is 19.9. The topological polar surface area (TPSA) is 123 Å². The molecule has 1 aromatic carbocycles. The number of nitrogens with one attached hydrogen (secondary N) is 1. The molecule has 3 aromatic rings. The molecule has 0 spiro atoms. The Labute approximate surface area is 246 Å². The molecule has 0 bridgehead atoms. The van der Waals surface area contributed by atoms with Crippen molar-refractivity contribution >= 4 is 6.09 Å². The Morgan fingerprint density at radius 2 is 2.02 bits per heavy atom. The van der Waals surface area contributed by atoms with Gasteiger partial charge in [-0.25, -0.2) is 19.2 Å². The highest BCUT2D eigenvalue weighted by Gasteiger charge is 2.34. The third-order valence-electron chi connectivity index (χ3n) is 7.27. The number of aryl methyl sites for hydroxylation is 2. The first-order valence-electron chi connectivity index (χ1n) is 14.3. The van der Waals surface area contributed by atoms with E-state index in [4.69, 9.17) is 24.0 Å². The van der Waals surface area contributed by atoms with E-state index in [1.807, 2.05) is 45.0 Å². The average molecular weight is 584 g/mol. The van der Waals surface area contributed by atoms with E-state index in [0.717, 1.165) is 22.4 Å². The van der Waals surface area contributed by atoms with Gasteiger partial charge in [0, 0.05) is 24.3 Å². The number of hydrogen-bond donors (Lipinski definition) is 2. The van der Waals surface area contributed by atoms with E-state index in [1.54, 1.807) is 27.8 Å². The van der Waals surface area contributed by atoms with Crippen molar-refractivity contribution in [2.75, 3.05) is 33.3 Å². The lowest BCUT2D eigenvalue weighted by molar-refractivity contribution is 0.00542. The van der Waals surface area contributed by atoms with Crippen molar-refractivity contribution in [1.82, 2.24) is 25.3 Å². The fourth-order valence-corrected chi connectivity index (χ4v) is 5.09. The molecule has 1 saturated heterocycles. The Morgan fingerprint density at radius 1 is 1.26 bits per heavy atom. The van der Waals surface area contributed by atoms with Gasteiger partial charge < -0.3 is 29.3 Å². The van der Waals surface area contributed by atoms with Gasteiger partial charge in [0.15, 0.2) is 5.82 Å². The molecule has 1 aliphatic heterocycles. The summed E-state index contributed by atoms with van der Waals surface area (Å²) in [6, 6.07) is 7.37. The van der Waals surface area contributed by atoms with Gasteiger partial charge >= 0.3 is 6.09 Å². The molecule has 0 radical (unpaired) electrons. The van der Waals surface area contributed by atoms with Gasteiger partial charge in [0.25, 0.3) is 0 Å². The molecule has 2 unspecified atom stereocenters. The Kier molecular flexibility index (Phi) is 9.83. The third kappa shape index (κ3) is 7.63. The maximum absolute atomic E-state index is 15.5. The Morgan fingerprint density at radius 3 is 2.67 bits per heavy atom. The van der Waals surface area contributed by atoms with Crippen molar-refractivity contribution in [3.05, 3.63) is 47.0 Å². The summed E-state index contributed by atoms with van der Waals surface area (Å²) in [5.74, 6) is 1.35. The second-order valence-electron chi connectivity index (χ2n) is 11.9. The number of carbonyl (C=O) groups is 1. The number of benzene rings is 1. The minimum Gasteiger partial charge on any atom is -0.491 e. The smallest absolute Gasteiger partial charge is 0.410 e. The molecule has 42 heavy (non-hydrogen) atoms. The van der Waals surface area contributed by atoms with Crippen LogP contribution >= 0.6 is 0 Å². The lowest BCUT2D eigenvalue weighted by Gasteiger charge is -2.35. The van der Waals surface area contributed by atoms with Crippen molar-refractivity contribution in [2.24, 2.45) is 5.92 Å². The molecule has 0 saturated carbocycles. The van der Waals surface area contributed by atoms with Crippen LogP contribution in [-0.4, -0.2) is 82.4 Å². The third-order valence-corrected chi connectivity index (χ3v) is 7.27.